The number of nitriles is 1. The van der Waals surface area contributed by atoms with E-state index in [9.17, 15) is 10.1 Å². The van der Waals surface area contributed by atoms with Crippen LogP contribution in [0.3, 0.4) is 0 Å². The topological polar surface area (TPSA) is 104 Å². The van der Waals surface area contributed by atoms with E-state index < -0.39 is 11.9 Å². The normalized spacial score (nSPS) is 16.6. The third kappa shape index (κ3) is 4.25. The Bertz CT molecular complexity index is 883. The zero-order valence-electron chi connectivity index (χ0n) is 16.5. The highest BCUT2D eigenvalue weighted by Crippen LogP contribution is 2.45. The Balaban J connectivity index is 2.69. The molecular weight excluding hydrogens is 428 g/mol. The maximum Gasteiger partial charge on any atom is 0.338 e. The summed E-state index contributed by atoms with van der Waals surface area (Å²) in [4.78, 5) is 12.6. The summed E-state index contributed by atoms with van der Waals surface area (Å²) < 4.78 is 22.5. The van der Waals surface area contributed by atoms with Gasteiger partial charge in [-0.2, -0.15) is 5.26 Å². The van der Waals surface area contributed by atoms with Crippen molar-refractivity contribution < 1.29 is 23.7 Å². The van der Waals surface area contributed by atoms with E-state index in [-0.39, 0.29) is 35.5 Å². The van der Waals surface area contributed by atoms with Gasteiger partial charge in [0.1, 0.15) is 17.4 Å². The van der Waals surface area contributed by atoms with E-state index in [1.54, 1.807) is 26.0 Å². The van der Waals surface area contributed by atoms with E-state index >= 15 is 0 Å². The van der Waals surface area contributed by atoms with Crippen LogP contribution in [0.15, 0.2) is 39.4 Å². The molecule has 1 aromatic rings. The number of esters is 1. The van der Waals surface area contributed by atoms with Gasteiger partial charge in [0.15, 0.2) is 11.5 Å². The molecule has 8 heteroatoms. The number of rotatable bonds is 6. The summed E-state index contributed by atoms with van der Waals surface area (Å²) >= 11 is 3.50. The van der Waals surface area contributed by atoms with Gasteiger partial charge >= 0.3 is 5.97 Å². The van der Waals surface area contributed by atoms with Crippen molar-refractivity contribution >= 4 is 21.9 Å². The number of hydrogen-bond acceptors (Lipinski definition) is 7. The summed E-state index contributed by atoms with van der Waals surface area (Å²) in [6.07, 6.45) is -0.0680. The molecule has 1 atom stereocenters. The van der Waals surface area contributed by atoms with E-state index in [0.717, 1.165) is 0 Å². The fraction of sp³-hybridized carbons (Fsp3) is 0.400. The first kappa shape index (κ1) is 21.6. The Labute approximate surface area is 172 Å². The second-order valence-electron chi connectivity index (χ2n) is 6.32. The second-order valence-corrected chi connectivity index (χ2v) is 7.17. The smallest absolute Gasteiger partial charge is 0.338 e. The first-order valence-electron chi connectivity index (χ1n) is 8.74. The van der Waals surface area contributed by atoms with Gasteiger partial charge < -0.3 is 24.7 Å². The first-order valence-corrected chi connectivity index (χ1v) is 9.53. The van der Waals surface area contributed by atoms with Gasteiger partial charge in [-0.1, -0.05) is 0 Å². The molecule has 1 aliphatic rings. The maximum atomic E-state index is 12.6. The van der Waals surface area contributed by atoms with E-state index in [0.29, 0.717) is 21.5 Å². The average Bonchev–Trinajstić information content (AvgIpc) is 2.62. The molecule has 1 aliphatic heterocycles. The minimum atomic E-state index is -0.754. The molecule has 1 unspecified atom stereocenters. The second kappa shape index (κ2) is 9.02. The fourth-order valence-electron chi connectivity index (χ4n) is 2.94. The van der Waals surface area contributed by atoms with Crippen LogP contribution in [0.2, 0.25) is 0 Å². The molecule has 1 heterocycles. The van der Waals surface area contributed by atoms with Gasteiger partial charge in [0.2, 0.25) is 5.88 Å². The minimum absolute atomic E-state index is 0.0457. The van der Waals surface area contributed by atoms with Crippen molar-refractivity contribution in [3.05, 3.63) is 45.0 Å². The summed E-state index contributed by atoms with van der Waals surface area (Å²) in [5.41, 5.74) is 6.89. The summed E-state index contributed by atoms with van der Waals surface area (Å²) in [6.45, 7) is 7.32. The Morgan fingerprint density at radius 3 is 2.64 bits per heavy atom. The fourth-order valence-corrected chi connectivity index (χ4v) is 3.50. The Hall–Kier alpha value is -2.66. The van der Waals surface area contributed by atoms with Gasteiger partial charge in [0.05, 0.1) is 35.8 Å². The number of methoxy groups -OCH3 is 1. The molecule has 1 aromatic carbocycles. The quantitative estimate of drug-likeness (QED) is 0.655. The van der Waals surface area contributed by atoms with Crippen LogP contribution in [0.4, 0.5) is 0 Å². The Morgan fingerprint density at radius 2 is 2.11 bits per heavy atom. The lowest BCUT2D eigenvalue weighted by molar-refractivity contribution is -0.139. The zero-order valence-corrected chi connectivity index (χ0v) is 18.0. The van der Waals surface area contributed by atoms with Crippen LogP contribution in [0.1, 0.15) is 39.2 Å². The number of carbonyl (C=O) groups excluding carboxylic acids is 1. The Kier molecular flexibility index (Phi) is 6.97. The molecule has 0 bridgehead atoms. The monoisotopic (exact) mass is 450 g/mol. The molecule has 0 amide bonds. The molecule has 150 valence electrons. The third-order valence-electron chi connectivity index (χ3n) is 4.04. The lowest BCUT2D eigenvalue weighted by Gasteiger charge is -2.27. The number of halogens is 1. The van der Waals surface area contributed by atoms with Gasteiger partial charge in [-0.15, -0.1) is 0 Å². The molecule has 0 spiro atoms. The number of benzene rings is 1. The van der Waals surface area contributed by atoms with Gasteiger partial charge in [0, 0.05) is 0 Å². The van der Waals surface area contributed by atoms with Crippen molar-refractivity contribution in [1.29, 1.82) is 5.26 Å². The van der Waals surface area contributed by atoms with Crippen molar-refractivity contribution in [2.45, 2.75) is 39.7 Å². The molecule has 0 aliphatic carbocycles. The molecule has 2 N–H and O–H groups in total. The molecule has 0 fully saturated rings. The number of nitrogens with two attached hydrogens (primary N) is 1. The van der Waals surface area contributed by atoms with Gasteiger partial charge in [0.25, 0.3) is 0 Å². The number of allylic oxidation sites excluding steroid dienone is 2. The Morgan fingerprint density at radius 1 is 1.43 bits per heavy atom. The maximum absolute atomic E-state index is 12.6. The standard InChI is InChI=1S/C20H23BrN2O5/c1-6-26-20(24)16-11(4)28-19(23)13(9-22)17(16)12-7-14(21)18(27-10(2)3)15(8-12)25-5/h7-8,10,17H,6,23H2,1-5H3. The minimum Gasteiger partial charge on any atom is -0.493 e. The molecule has 0 radical (unpaired) electrons. The molecule has 2 rings (SSSR count). The van der Waals surface area contributed by atoms with Gasteiger partial charge in [-0.25, -0.2) is 4.79 Å². The number of hydrogen-bond donors (Lipinski definition) is 1. The molecule has 28 heavy (non-hydrogen) atoms. The molecule has 7 nitrogen and oxygen atoms in total. The van der Waals surface area contributed by atoms with Crippen LogP contribution in [0, 0.1) is 11.3 Å². The summed E-state index contributed by atoms with van der Waals surface area (Å²) in [6, 6.07) is 5.54. The number of nitrogens with zero attached hydrogens (tertiary/aromatic N) is 1. The summed E-state index contributed by atoms with van der Waals surface area (Å²) in [7, 11) is 1.52. The SMILES string of the molecule is CCOC(=O)C1=C(C)OC(N)=C(C#N)C1c1cc(Br)c(OC(C)C)c(OC)c1. The van der Waals surface area contributed by atoms with Crippen LogP contribution >= 0.6 is 15.9 Å². The highest BCUT2D eigenvalue weighted by molar-refractivity contribution is 9.10. The van der Waals surface area contributed by atoms with Crippen molar-refractivity contribution in [2.24, 2.45) is 5.73 Å². The first-order chi connectivity index (χ1) is 13.2. The number of carbonyl (C=O) groups is 1. The van der Waals surface area contributed by atoms with Crippen LogP contribution in [0.25, 0.3) is 0 Å². The van der Waals surface area contributed by atoms with Crippen LogP contribution < -0.4 is 15.2 Å². The molecular formula is C20H23BrN2O5. The lowest BCUT2D eigenvalue weighted by Crippen LogP contribution is -2.25. The van der Waals surface area contributed by atoms with E-state index in [4.69, 9.17) is 24.7 Å². The molecule has 0 aromatic heterocycles. The van der Waals surface area contributed by atoms with E-state index in [2.05, 4.69) is 22.0 Å². The van der Waals surface area contributed by atoms with Gasteiger partial charge in [-0.05, 0) is 61.3 Å². The van der Waals surface area contributed by atoms with Crippen molar-refractivity contribution in [1.82, 2.24) is 0 Å². The van der Waals surface area contributed by atoms with E-state index in [1.807, 2.05) is 13.8 Å². The summed E-state index contributed by atoms with van der Waals surface area (Å²) in [5.74, 6) is -0.0874. The predicted octanol–water partition coefficient (Wildman–Crippen LogP) is 3.89. The van der Waals surface area contributed by atoms with Crippen molar-refractivity contribution in [3.8, 4) is 17.6 Å². The van der Waals surface area contributed by atoms with Crippen LogP contribution in [-0.4, -0.2) is 25.8 Å². The molecule has 0 saturated carbocycles. The van der Waals surface area contributed by atoms with Crippen molar-refractivity contribution in [2.75, 3.05) is 13.7 Å². The third-order valence-corrected chi connectivity index (χ3v) is 4.63. The highest BCUT2D eigenvalue weighted by Gasteiger charge is 2.37. The van der Waals surface area contributed by atoms with Crippen LogP contribution in [-0.2, 0) is 14.3 Å². The van der Waals surface area contributed by atoms with Crippen LogP contribution in [0.5, 0.6) is 11.5 Å². The summed E-state index contributed by atoms with van der Waals surface area (Å²) in [5, 5.41) is 9.67. The van der Waals surface area contributed by atoms with E-state index in [1.165, 1.54) is 7.11 Å². The number of ether oxygens (including phenoxy) is 4. The van der Waals surface area contributed by atoms with Crippen molar-refractivity contribution in [3.63, 3.8) is 0 Å². The average molecular weight is 451 g/mol. The predicted molar refractivity (Wildman–Crippen MR) is 106 cm³/mol. The largest absolute Gasteiger partial charge is 0.493 e. The zero-order chi connectivity index (χ0) is 21.0. The van der Waals surface area contributed by atoms with Gasteiger partial charge in [-0.3, -0.25) is 0 Å². The highest BCUT2D eigenvalue weighted by atomic mass is 79.9. The molecule has 0 saturated heterocycles. The lowest BCUT2D eigenvalue weighted by atomic mass is 9.83.